The minimum atomic E-state index is -1.000. The first-order valence-electron chi connectivity index (χ1n) is 5.47. The summed E-state index contributed by atoms with van der Waals surface area (Å²) in [5, 5.41) is 27.9. The molecule has 2 heterocycles. The van der Waals surface area contributed by atoms with Crippen molar-refractivity contribution >= 4 is 17.7 Å². The number of carbonyl (C=O) groups is 1. The van der Waals surface area contributed by atoms with Crippen LogP contribution < -0.4 is 10.3 Å². The van der Waals surface area contributed by atoms with Crippen LogP contribution in [0.1, 0.15) is 15.7 Å². The molecule has 1 aromatic rings. The molecule has 0 radical (unpaired) electrons. The molecule has 1 aliphatic heterocycles. The summed E-state index contributed by atoms with van der Waals surface area (Å²) in [7, 11) is 0. The predicted molar refractivity (Wildman–Crippen MR) is 64.7 cm³/mol. The summed E-state index contributed by atoms with van der Waals surface area (Å²) in [6, 6.07) is 3.22. The van der Waals surface area contributed by atoms with Crippen molar-refractivity contribution in [2.24, 2.45) is 5.73 Å². The van der Waals surface area contributed by atoms with Crippen LogP contribution in [0.5, 0.6) is 0 Å². The Kier molecular flexibility index (Phi) is 3.86. The molecule has 18 heavy (non-hydrogen) atoms. The summed E-state index contributed by atoms with van der Waals surface area (Å²) >= 11 is 1.26. The Hall–Kier alpha value is -1.15. The van der Waals surface area contributed by atoms with Crippen LogP contribution >= 0.6 is 11.8 Å². The van der Waals surface area contributed by atoms with E-state index in [4.69, 9.17) is 10.8 Å². The molecule has 1 aromatic heterocycles. The second-order valence-corrected chi connectivity index (χ2v) is 5.49. The maximum Gasteiger partial charge on any atom is 0.254 e. The molecule has 0 aliphatic carbocycles. The molecule has 1 fully saturated rings. The van der Waals surface area contributed by atoms with Crippen molar-refractivity contribution in [2.75, 3.05) is 6.61 Å². The molecule has 2 rings (SSSR count). The van der Waals surface area contributed by atoms with E-state index in [2.05, 4.69) is 0 Å². The number of hydrogen-bond donors (Lipinski definition) is 4. The average Bonchev–Trinajstić information content (AvgIpc) is 2.66. The molecular weight excluding hydrogens is 256 g/mol. The van der Waals surface area contributed by atoms with Crippen LogP contribution in [-0.4, -0.2) is 45.3 Å². The zero-order valence-corrected chi connectivity index (χ0v) is 10.3. The maximum atomic E-state index is 11.1. The van der Waals surface area contributed by atoms with Crippen molar-refractivity contribution in [2.45, 2.75) is 22.8 Å². The van der Waals surface area contributed by atoms with Gasteiger partial charge in [0.25, 0.3) is 5.91 Å². The van der Waals surface area contributed by atoms with Gasteiger partial charge in [0, 0.05) is 6.07 Å². The summed E-state index contributed by atoms with van der Waals surface area (Å²) in [5.74, 6) is -0.555. The lowest BCUT2D eigenvalue weighted by Gasteiger charge is -2.11. The molecule has 5 N–H and O–H groups in total. The fourth-order valence-electron chi connectivity index (χ4n) is 1.92. The Bertz CT molecular complexity index is 456. The van der Waals surface area contributed by atoms with E-state index < -0.39 is 28.7 Å². The highest BCUT2D eigenvalue weighted by molar-refractivity contribution is 8.00. The largest absolute Gasteiger partial charge is 0.395 e. The number of rotatable bonds is 3. The highest BCUT2D eigenvalue weighted by atomic mass is 32.2. The van der Waals surface area contributed by atoms with Gasteiger partial charge in [0.15, 0.2) is 18.5 Å². The summed E-state index contributed by atoms with van der Waals surface area (Å²) in [6.07, 6.45) is 1.21. The monoisotopic (exact) mass is 271 g/mol. The van der Waals surface area contributed by atoms with E-state index in [1.54, 1.807) is 22.9 Å². The smallest absolute Gasteiger partial charge is 0.254 e. The Balaban J connectivity index is 2.27. The van der Waals surface area contributed by atoms with E-state index in [0.29, 0.717) is 5.56 Å². The summed E-state index contributed by atoms with van der Waals surface area (Å²) in [5.41, 5.74) is 5.51. The average molecular weight is 271 g/mol. The summed E-state index contributed by atoms with van der Waals surface area (Å²) < 4.78 is 1.62. The van der Waals surface area contributed by atoms with E-state index in [1.165, 1.54) is 18.0 Å². The molecule has 0 bridgehead atoms. The second kappa shape index (κ2) is 5.23. The van der Waals surface area contributed by atoms with E-state index in [-0.39, 0.29) is 6.61 Å². The zero-order chi connectivity index (χ0) is 13.3. The number of aromatic nitrogens is 1. The Labute approximate surface area is 108 Å². The third-order valence-corrected chi connectivity index (χ3v) is 4.50. The SMILES string of the molecule is NC(=O)c1ccc[n+]([C@@H]2S[C@H](CO)[C@@H](O)[C@H]2O)c1. The van der Waals surface area contributed by atoms with Crippen molar-refractivity contribution in [3.05, 3.63) is 30.1 Å². The minimum absolute atomic E-state index is 0.213. The number of amides is 1. The van der Waals surface area contributed by atoms with Crippen LogP contribution in [0, 0.1) is 0 Å². The number of nitrogens with two attached hydrogens (primary N) is 1. The van der Waals surface area contributed by atoms with Gasteiger partial charge in [-0.25, -0.2) is 0 Å². The number of aliphatic hydroxyl groups is 3. The number of thioether (sulfide) groups is 1. The maximum absolute atomic E-state index is 11.1. The van der Waals surface area contributed by atoms with Crippen LogP contribution in [0.4, 0.5) is 0 Å². The fourth-order valence-corrected chi connectivity index (χ4v) is 3.28. The number of nitrogens with zero attached hydrogens (tertiary/aromatic N) is 1. The van der Waals surface area contributed by atoms with Gasteiger partial charge in [-0.1, -0.05) is 11.8 Å². The Morgan fingerprint density at radius 2 is 2.17 bits per heavy atom. The molecule has 1 saturated heterocycles. The molecule has 0 spiro atoms. The standard InChI is InChI=1S/C11H14N2O4S/c12-10(17)6-2-1-3-13(4-6)11-9(16)8(15)7(5-14)18-11/h1-4,7-9,11,14-16H,5H2,(H-,12,17)/p+1/t7-,8-,9-,11-/m1/s1. The topological polar surface area (TPSA) is 108 Å². The molecule has 7 heteroatoms. The summed E-state index contributed by atoms with van der Waals surface area (Å²) in [4.78, 5) is 11.1. The molecule has 4 atom stereocenters. The van der Waals surface area contributed by atoms with Crippen LogP contribution in [0.25, 0.3) is 0 Å². The normalized spacial score (nSPS) is 31.5. The van der Waals surface area contributed by atoms with E-state index >= 15 is 0 Å². The number of aliphatic hydroxyl groups excluding tert-OH is 3. The fraction of sp³-hybridized carbons (Fsp3) is 0.455. The van der Waals surface area contributed by atoms with Gasteiger partial charge in [0.1, 0.15) is 11.7 Å². The lowest BCUT2D eigenvalue weighted by atomic mass is 10.1. The first kappa shape index (κ1) is 13.3. The highest BCUT2D eigenvalue weighted by Crippen LogP contribution is 2.38. The molecule has 0 aromatic carbocycles. The van der Waals surface area contributed by atoms with Crippen molar-refractivity contribution in [1.29, 1.82) is 0 Å². The van der Waals surface area contributed by atoms with Crippen LogP contribution in [0.2, 0.25) is 0 Å². The lowest BCUT2D eigenvalue weighted by Crippen LogP contribution is -2.45. The molecule has 1 aliphatic rings. The van der Waals surface area contributed by atoms with Gasteiger partial charge in [-0.3, -0.25) is 4.79 Å². The lowest BCUT2D eigenvalue weighted by molar-refractivity contribution is -0.706. The van der Waals surface area contributed by atoms with E-state index in [1.807, 2.05) is 0 Å². The van der Waals surface area contributed by atoms with Gasteiger partial charge in [0.05, 0.1) is 11.9 Å². The van der Waals surface area contributed by atoms with E-state index in [9.17, 15) is 15.0 Å². The van der Waals surface area contributed by atoms with Crippen molar-refractivity contribution < 1.29 is 24.7 Å². The van der Waals surface area contributed by atoms with Gasteiger partial charge >= 0.3 is 0 Å². The Morgan fingerprint density at radius 3 is 2.72 bits per heavy atom. The van der Waals surface area contributed by atoms with Gasteiger partial charge in [-0.2, -0.15) is 4.57 Å². The molecule has 1 amide bonds. The van der Waals surface area contributed by atoms with Crippen LogP contribution in [0.3, 0.4) is 0 Å². The first-order valence-corrected chi connectivity index (χ1v) is 6.42. The molecular formula is C11H15N2O4S+. The van der Waals surface area contributed by atoms with E-state index in [0.717, 1.165) is 0 Å². The number of primary amides is 1. The van der Waals surface area contributed by atoms with Crippen LogP contribution in [0.15, 0.2) is 24.5 Å². The number of carbonyl (C=O) groups excluding carboxylic acids is 1. The minimum Gasteiger partial charge on any atom is -0.395 e. The van der Waals surface area contributed by atoms with Crippen molar-refractivity contribution in [3.8, 4) is 0 Å². The van der Waals surface area contributed by atoms with Crippen molar-refractivity contribution in [1.82, 2.24) is 0 Å². The number of hydrogen-bond acceptors (Lipinski definition) is 5. The second-order valence-electron chi connectivity index (χ2n) is 4.13. The highest BCUT2D eigenvalue weighted by Gasteiger charge is 2.47. The van der Waals surface area contributed by atoms with Crippen molar-refractivity contribution in [3.63, 3.8) is 0 Å². The molecule has 0 unspecified atom stereocenters. The quantitative estimate of drug-likeness (QED) is 0.495. The molecule has 0 saturated carbocycles. The van der Waals surface area contributed by atoms with Crippen LogP contribution in [-0.2, 0) is 0 Å². The number of pyridine rings is 1. The summed E-state index contributed by atoms with van der Waals surface area (Å²) in [6.45, 7) is -0.213. The Morgan fingerprint density at radius 1 is 1.44 bits per heavy atom. The molecule has 98 valence electrons. The molecule has 6 nitrogen and oxygen atoms in total. The van der Waals surface area contributed by atoms with Gasteiger partial charge < -0.3 is 21.1 Å². The zero-order valence-electron chi connectivity index (χ0n) is 9.51. The first-order chi connectivity index (χ1) is 8.54. The van der Waals surface area contributed by atoms with Gasteiger partial charge in [-0.15, -0.1) is 0 Å². The van der Waals surface area contributed by atoms with Gasteiger partial charge in [0.2, 0.25) is 5.37 Å². The van der Waals surface area contributed by atoms with Gasteiger partial charge in [-0.05, 0) is 6.07 Å². The third kappa shape index (κ3) is 2.35. The third-order valence-electron chi connectivity index (χ3n) is 2.92. The predicted octanol–water partition coefficient (Wildman–Crippen LogP) is -1.60.